The van der Waals surface area contributed by atoms with Gasteiger partial charge in [-0.1, -0.05) is 0 Å². The second-order valence-corrected chi connectivity index (χ2v) is 4.24. The minimum absolute atomic E-state index is 0.164. The van der Waals surface area contributed by atoms with Gasteiger partial charge in [0.05, 0.1) is 12.1 Å². The van der Waals surface area contributed by atoms with Crippen molar-refractivity contribution in [1.82, 2.24) is 14.7 Å². The summed E-state index contributed by atoms with van der Waals surface area (Å²) < 4.78 is 3.96. The van der Waals surface area contributed by atoms with Gasteiger partial charge in [-0.25, -0.2) is 4.98 Å². The summed E-state index contributed by atoms with van der Waals surface area (Å²) in [6.07, 6.45) is 0.0146. The van der Waals surface area contributed by atoms with E-state index in [0.29, 0.717) is 23.9 Å². The molecule has 0 spiro atoms. The van der Waals surface area contributed by atoms with Crippen LogP contribution in [0.25, 0.3) is 0 Å². The molecule has 0 aliphatic carbocycles. The molecule has 3 N–H and O–H groups in total. The van der Waals surface area contributed by atoms with Gasteiger partial charge in [-0.15, -0.1) is 0 Å². The van der Waals surface area contributed by atoms with Gasteiger partial charge in [0.2, 0.25) is 11.0 Å². The first-order valence-corrected chi connectivity index (χ1v) is 5.45. The van der Waals surface area contributed by atoms with E-state index in [-0.39, 0.29) is 11.9 Å². The molecule has 2 rings (SSSR count). The molecule has 1 aromatic rings. The first kappa shape index (κ1) is 10.5. The number of amides is 1. The predicted molar refractivity (Wildman–Crippen MR) is 55.7 cm³/mol. The third kappa shape index (κ3) is 2.49. The van der Waals surface area contributed by atoms with Gasteiger partial charge in [0.1, 0.15) is 5.82 Å². The van der Waals surface area contributed by atoms with Gasteiger partial charge in [-0.05, 0) is 13.3 Å². The van der Waals surface area contributed by atoms with Gasteiger partial charge < -0.3 is 10.4 Å². The number of β-amino-alcohol motifs (C(OH)–C–C–N with tert-alkyl or cyclic N) is 1. The molecule has 1 aliphatic rings. The molecule has 1 amide bonds. The molecule has 2 unspecified atom stereocenters. The van der Waals surface area contributed by atoms with Crippen molar-refractivity contribution in [3.63, 3.8) is 0 Å². The van der Waals surface area contributed by atoms with Crippen LogP contribution >= 0.6 is 11.5 Å². The van der Waals surface area contributed by atoms with Gasteiger partial charge in [0, 0.05) is 18.1 Å². The van der Waals surface area contributed by atoms with Crippen LogP contribution in [0.3, 0.4) is 0 Å². The van der Waals surface area contributed by atoms with Gasteiger partial charge in [-0.2, -0.15) is 4.37 Å². The van der Waals surface area contributed by atoms with Crippen molar-refractivity contribution in [3.8, 4) is 0 Å². The monoisotopic (exact) mass is 228 g/mol. The van der Waals surface area contributed by atoms with E-state index in [2.05, 4.69) is 20.0 Å². The minimum atomic E-state index is -0.433. The number of aliphatic hydroxyl groups excluding tert-OH is 1. The molecule has 1 aromatic heterocycles. The molecule has 1 aliphatic heterocycles. The van der Waals surface area contributed by atoms with Gasteiger partial charge >= 0.3 is 0 Å². The van der Waals surface area contributed by atoms with E-state index >= 15 is 0 Å². The highest BCUT2D eigenvalue weighted by atomic mass is 32.1. The Balaban J connectivity index is 1.92. The zero-order valence-corrected chi connectivity index (χ0v) is 9.04. The number of rotatable bonds is 2. The maximum Gasteiger partial charge on any atom is 0.243 e. The lowest BCUT2D eigenvalue weighted by molar-refractivity contribution is -0.117. The van der Waals surface area contributed by atoms with Crippen LogP contribution in [0.2, 0.25) is 0 Å². The van der Waals surface area contributed by atoms with Crippen LogP contribution < -0.4 is 10.6 Å². The third-order valence-electron chi connectivity index (χ3n) is 2.18. The summed E-state index contributed by atoms with van der Waals surface area (Å²) in [5, 5.41) is 15.3. The van der Waals surface area contributed by atoms with E-state index < -0.39 is 6.10 Å². The van der Waals surface area contributed by atoms with Crippen LogP contribution in [0.15, 0.2) is 0 Å². The molecule has 1 saturated heterocycles. The highest BCUT2D eigenvalue weighted by Gasteiger charge is 2.28. The lowest BCUT2D eigenvalue weighted by Crippen LogP contribution is -2.35. The summed E-state index contributed by atoms with van der Waals surface area (Å²) >= 11 is 1.15. The van der Waals surface area contributed by atoms with E-state index in [0.717, 1.165) is 11.5 Å². The smallest absolute Gasteiger partial charge is 0.243 e. The SMILES string of the molecule is Cc1nsc(NC(=O)C2CC(O)CN2)n1. The van der Waals surface area contributed by atoms with Crippen LogP contribution in [0.5, 0.6) is 0 Å². The Morgan fingerprint density at radius 3 is 3.07 bits per heavy atom. The number of anilines is 1. The number of carbonyl (C=O) groups excluding carboxylic acids is 1. The van der Waals surface area contributed by atoms with Crippen molar-refractivity contribution in [2.75, 3.05) is 11.9 Å². The van der Waals surface area contributed by atoms with Crippen LogP contribution in [-0.4, -0.2) is 39.1 Å². The molecule has 7 heteroatoms. The molecule has 82 valence electrons. The first-order chi connectivity index (χ1) is 7.15. The molecule has 2 heterocycles. The van der Waals surface area contributed by atoms with Crippen molar-refractivity contribution in [3.05, 3.63) is 5.82 Å². The lowest BCUT2D eigenvalue weighted by atomic mass is 10.2. The van der Waals surface area contributed by atoms with Gasteiger partial charge in [0.15, 0.2) is 0 Å². The maximum absolute atomic E-state index is 11.6. The fourth-order valence-corrected chi connectivity index (χ4v) is 2.04. The molecule has 2 atom stereocenters. The molecule has 6 nitrogen and oxygen atoms in total. The number of hydrogen-bond acceptors (Lipinski definition) is 6. The van der Waals surface area contributed by atoms with E-state index in [1.165, 1.54) is 0 Å². The molecule has 15 heavy (non-hydrogen) atoms. The number of nitrogens with zero attached hydrogens (tertiary/aromatic N) is 2. The van der Waals surface area contributed by atoms with Crippen molar-refractivity contribution < 1.29 is 9.90 Å². The third-order valence-corrected chi connectivity index (χ3v) is 2.90. The number of aliphatic hydroxyl groups is 1. The molecule has 0 aromatic carbocycles. The molecule has 0 bridgehead atoms. The Labute approximate surface area is 90.9 Å². The Hall–Kier alpha value is -1.05. The van der Waals surface area contributed by atoms with Crippen LogP contribution in [0.4, 0.5) is 5.13 Å². The summed E-state index contributed by atoms with van der Waals surface area (Å²) in [7, 11) is 0. The zero-order chi connectivity index (χ0) is 10.8. The summed E-state index contributed by atoms with van der Waals surface area (Å²) in [4.78, 5) is 15.6. The number of aromatic nitrogens is 2. The lowest BCUT2D eigenvalue weighted by Gasteiger charge is -2.07. The average molecular weight is 228 g/mol. The highest BCUT2D eigenvalue weighted by Crippen LogP contribution is 2.13. The number of nitrogens with one attached hydrogen (secondary N) is 2. The average Bonchev–Trinajstić information content (AvgIpc) is 2.75. The van der Waals surface area contributed by atoms with E-state index in [9.17, 15) is 9.90 Å². The molecule has 1 fully saturated rings. The number of carbonyl (C=O) groups is 1. The maximum atomic E-state index is 11.6. The quantitative estimate of drug-likeness (QED) is 0.635. The highest BCUT2D eigenvalue weighted by molar-refractivity contribution is 7.09. The topological polar surface area (TPSA) is 87.1 Å². The fourth-order valence-electron chi connectivity index (χ4n) is 1.46. The Bertz CT molecular complexity index is 367. The molecule has 0 radical (unpaired) electrons. The zero-order valence-electron chi connectivity index (χ0n) is 8.23. The second kappa shape index (κ2) is 4.21. The van der Waals surface area contributed by atoms with E-state index in [1.807, 2.05) is 0 Å². The van der Waals surface area contributed by atoms with E-state index in [4.69, 9.17) is 0 Å². The largest absolute Gasteiger partial charge is 0.392 e. The summed E-state index contributed by atoms with van der Waals surface area (Å²) in [6.45, 7) is 2.23. The Morgan fingerprint density at radius 2 is 2.53 bits per heavy atom. The standard InChI is InChI=1S/C8H12N4O2S/c1-4-10-8(15-12-4)11-7(14)6-2-5(13)3-9-6/h5-6,9,13H,2-3H2,1H3,(H,10,11,12,14). The first-order valence-electron chi connectivity index (χ1n) is 4.68. The summed E-state index contributed by atoms with van der Waals surface area (Å²) in [5.74, 6) is 0.484. The van der Waals surface area contributed by atoms with Gasteiger partial charge in [0.25, 0.3) is 0 Å². The summed E-state index contributed by atoms with van der Waals surface area (Å²) in [6, 6.07) is -0.329. The predicted octanol–water partition coefficient (Wildman–Crippen LogP) is -0.492. The Morgan fingerprint density at radius 1 is 1.73 bits per heavy atom. The molecular weight excluding hydrogens is 216 g/mol. The number of aryl methyl sites for hydroxylation is 1. The second-order valence-electron chi connectivity index (χ2n) is 3.49. The fraction of sp³-hybridized carbons (Fsp3) is 0.625. The minimum Gasteiger partial charge on any atom is -0.392 e. The molecule has 0 saturated carbocycles. The summed E-state index contributed by atoms with van der Waals surface area (Å²) in [5.41, 5.74) is 0. The van der Waals surface area contributed by atoms with Gasteiger partial charge in [-0.3, -0.25) is 10.1 Å². The van der Waals surface area contributed by atoms with Crippen molar-refractivity contribution in [2.45, 2.75) is 25.5 Å². The molecular formula is C8H12N4O2S. The normalized spacial score (nSPS) is 25.5. The van der Waals surface area contributed by atoms with E-state index in [1.54, 1.807) is 6.92 Å². The van der Waals surface area contributed by atoms with Crippen molar-refractivity contribution in [2.24, 2.45) is 0 Å². The van der Waals surface area contributed by atoms with Crippen molar-refractivity contribution in [1.29, 1.82) is 0 Å². The number of hydrogen-bond donors (Lipinski definition) is 3. The van der Waals surface area contributed by atoms with Crippen LogP contribution in [0, 0.1) is 6.92 Å². The van der Waals surface area contributed by atoms with Crippen LogP contribution in [-0.2, 0) is 4.79 Å². The van der Waals surface area contributed by atoms with Crippen LogP contribution in [0.1, 0.15) is 12.2 Å². The van der Waals surface area contributed by atoms with Crippen molar-refractivity contribution >= 4 is 22.6 Å². The Kier molecular flexibility index (Phi) is 2.94.